The standard InChI is InChI=1S/C11H16ClN3S/c1-7-8(2)16-5-4-15(7)11-6-10(12)13-9(3)14-11/h6-8H,4-5H2,1-3H3. The molecule has 0 radical (unpaired) electrons. The van der Waals surface area contributed by atoms with Gasteiger partial charge in [0.1, 0.15) is 16.8 Å². The van der Waals surface area contributed by atoms with Crippen molar-refractivity contribution in [3.63, 3.8) is 0 Å². The molecule has 2 unspecified atom stereocenters. The summed E-state index contributed by atoms with van der Waals surface area (Å²) in [6, 6.07) is 2.34. The van der Waals surface area contributed by atoms with Crippen LogP contribution in [0, 0.1) is 6.92 Å². The molecule has 1 aliphatic heterocycles. The zero-order valence-electron chi connectivity index (χ0n) is 9.77. The fourth-order valence-electron chi connectivity index (χ4n) is 1.92. The second-order valence-electron chi connectivity index (χ2n) is 4.11. The molecule has 1 aliphatic rings. The van der Waals surface area contributed by atoms with Gasteiger partial charge in [-0.25, -0.2) is 9.97 Å². The summed E-state index contributed by atoms with van der Waals surface area (Å²) in [5, 5.41) is 1.16. The van der Waals surface area contributed by atoms with Gasteiger partial charge in [-0.1, -0.05) is 18.5 Å². The van der Waals surface area contributed by atoms with E-state index in [1.165, 1.54) is 0 Å². The SMILES string of the molecule is Cc1nc(Cl)cc(N2CCSC(C)C2C)n1. The molecule has 2 rings (SSSR count). The van der Waals surface area contributed by atoms with E-state index in [4.69, 9.17) is 11.6 Å². The monoisotopic (exact) mass is 257 g/mol. The summed E-state index contributed by atoms with van der Waals surface area (Å²) < 4.78 is 0. The maximum Gasteiger partial charge on any atom is 0.134 e. The molecular formula is C11H16ClN3S. The van der Waals surface area contributed by atoms with Crippen molar-refractivity contribution >= 4 is 29.2 Å². The summed E-state index contributed by atoms with van der Waals surface area (Å²) in [5.74, 6) is 2.84. The molecule has 2 heterocycles. The summed E-state index contributed by atoms with van der Waals surface area (Å²) >= 11 is 7.99. The number of thioether (sulfide) groups is 1. The number of aromatic nitrogens is 2. The molecule has 1 saturated heterocycles. The van der Waals surface area contributed by atoms with E-state index < -0.39 is 0 Å². The third-order valence-electron chi connectivity index (χ3n) is 2.97. The average molecular weight is 258 g/mol. The lowest BCUT2D eigenvalue weighted by Gasteiger charge is -2.38. The smallest absolute Gasteiger partial charge is 0.134 e. The third-order valence-corrected chi connectivity index (χ3v) is 4.50. The summed E-state index contributed by atoms with van der Waals surface area (Å²) in [6.45, 7) is 7.41. The summed E-state index contributed by atoms with van der Waals surface area (Å²) in [6.07, 6.45) is 0. The fourth-order valence-corrected chi connectivity index (χ4v) is 3.24. The molecule has 0 aliphatic carbocycles. The molecule has 3 nitrogen and oxygen atoms in total. The Balaban J connectivity index is 2.28. The Morgan fingerprint density at radius 3 is 2.88 bits per heavy atom. The predicted octanol–water partition coefficient (Wildman–Crippen LogP) is 2.77. The lowest BCUT2D eigenvalue weighted by molar-refractivity contribution is 0.618. The summed E-state index contributed by atoms with van der Waals surface area (Å²) in [5.41, 5.74) is 0. The second kappa shape index (κ2) is 4.80. The van der Waals surface area contributed by atoms with Gasteiger partial charge in [0.05, 0.1) is 0 Å². The van der Waals surface area contributed by atoms with Crippen LogP contribution in [0.5, 0.6) is 0 Å². The van der Waals surface area contributed by atoms with E-state index >= 15 is 0 Å². The van der Waals surface area contributed by atoms with E-state index in [0.717, 1.165) is 23.9 Å². The fraction of sp³-hybridized carbons (Fsp3) is 0.636. The van der Waals surface area contributed by atoms with Crippen molar-refractivity contribution in [2.45, 2.75) is 32.1 Å². The Bertz CT molecular complexity index is 365. The molecule has 1 aromatic rings. The third kappa shape index (κ3) is 2.43. The van der Waals surface area contributed by atoms with E-state index in [-0.39, 0.29) is 0 Å². The highest BCUT2D eigenvalue weighted by atomic mass is 35.5. The maximum atomic E-state index is 5.97. The first-order valence-electron chi connectivity index (χ1n) is 5.47. The maximum absolute atomic E-state index is 5.97. The Kier molecular flexibility index (Phi) is 3.60. The van der Waals surface area contributed by atoms with E-state index in [2.05, 4.69) is 28.7 Å². The highest BCUT2D eigenvalue weighted by molar-refractivity contribution is 8.00. The van der Waals surface area contributed by atoms with Crippen LogP contribution in [0.1, 0.15) is 19.7 Å². The minimum Gasteiger partial charge on any atom is -0.352 e. The van der Waals surface area contributed by atoms with Gasteiger partial charge in [-0.2, -0.15) is 11.8 Å². The molecule has 0 N–H and O–H groups in total. The first kappa shape index (κ1) is 12.0. The van der Waals surface area contributed by atoms with Gasteiger partial charge in [-0.3, -0.25) is 0 Å². The number of aryl methyl sites for hydroxylation is 1. The van der Waals surface area contributed by atoms with Gasteiger partial charge in [0.2, 0.25) is 0 Å². The van der Waals surface area contributed by atoms with Crippen molar-refractivity contribution in [1.82, 2.24) is 9.97 Å². The van der Waals surface area contributed by atoms with Gasteiger partial charge in [0, 0.05) is 29.7 Å². The lowest BCUT2D eigenvalue weighted by Crippen LogP contribution is -2.45. The number of nitrogens with zero attached hydrogens (tertiary/aromatic N) is 3. The lowest BCUT2D eigenvalue weighted by atomic mass is 10.2. The number of anilines is 1. The summed E-state index contributed by atoms with van der Waals surface area (Å²) in [4.78, 5) is 10.9. The Morgan fingerprint density at radius 2 is 2.19 bits per heavy atom. The molecule has 2 atom stereocenters. The van der Waals surface area contributed by atoms with Gasteiger partial charge >= 0.3 is 0 Å². The zero-order valence-corrected chi connectivity index (χ0v) is 11.3. The van der Waals surface area contributed by atoms with Crippen LogP contribution in [0.2, 0.25) is 5.15 Å². The van der Waals surface area contributed by atoms with Crippen molar-refractivity contribution in [3.8, 4) is 0 Å². The molecule has 0 aromatic carbocycles. The largest absolute Gasteiger partial charge is 0.352 e. The van der Waals surface area contributed by atoms with E-state index in [1.807, 2.05) is 24.8 Å². The molecule has 88 valence electrons. The topological polar surface area (TPSA) is 29.0 Å². The minimum absolute atomic E-state index is 0.490. The normalized spacial score (nSPS) is 25.9. The van der Waals surface area contributed by atoms with Gasteiger partial charge in [-0.15, -0.1) is 0 Å². The van der Waals surface area contributed by atoms with Crippen molar-refractivity contribution in [1.29, 1.82) is 0 Å². The highest BCUT2D eigenvalue weighted by Gasteiger charge is 2.26. The Morgan fingerprint density at radius 1 is 1.44 bits per heavy atom. The Hall–Kier alpha value is -0.480. The van der Waals surface area contributed by atoms with Crippen LogP contribution < -0.4 is 4.90 Å². The number of halogens is 1. The molecule has 1 aromatic heterocycles. The van der Waals surface area contributed by atoms with Crippen molar-refractivity contribution in [2.75, 3.05) is 17.2 Å². The molecule has 0 spiro atoms. The zero-order chi connectivity index (χ0) is 11.7. The molecule has 5 heteroatoms. The quantitative estimate of drug-likeness (QED) is 0.724. The van der Waals surface area contributed by atoms with Gasteiger partial charge in [-0.05, 0) is 13.8 Å². The van der Waals surface area contributed by atoms with Gasteiger partial charge in [0.15, 0.2) is 0 Å². The molecular weight excluding hydrogens is 242 g/mol. The number of hydrogen-bond acceptors (Lipinski definition) is 4. The second-order valence-corrected chi connectivity index (χ2v) is 5.98. The number of hydrogen-bond donors (Lipinski definition) is 0. The summed E-state index contributed by atoms with van der Waals surface area (Å²) in [7, 11) is 0. The van der Waals surface area contributed by atoms with Crippen LogP contribution in [0.25, 0.3) is 0 Å². The molecule has 16 heavy (non-hydrogen) atoms. The average Bonchev–Trinajstić information content (AvgIpc) is 2.20. The van der Waals surface area contributed by atoms with Crippen LogP contribution in [0.3, 0.4) is 0 Å². The Labute approximate surface area is 106 Å². The van der Waals surface area contributed by atoms with Crippen molar-refractivity contribution < 1.29 is 0 Å². The van der Waals surface area contributed by atoms with Gasteiger partial charge < -0.3 is 4.90 Å². The van der Waals surface area contributed by atoms with E-state index in [0.29, 0.717) is 16.4 Å². The highest BCUT2D eigenvalue weighted by Crippen LogP contribution is 2.28. The molecule has 0 amide bonds. The van der Waals surface area contributed by atoms with E-state index in [9.17, 15) is 0 Å². The van der Waals surface area contributed by atoms with Gasteiger partial charge in [0.25, 0.3) is 0 Å². The van der Waals surface area contributed by atoms with Crippen LogP contribution >= 0.6 is 23.4 Å². The molecule has 0 saturated carbocycles. The molecule has 1 fully saturated rings. The first-order valence-corrected chi connectivity index (χ1v) is 6.90. The van der Waals surface area contributed by atoms with Crippen molar-refractivity contribution in [3.05, 3.63) is 17.0 Å². The molecule has 0 bridgehead atoms. The van der Waals surface area contributed by atoms with Crippen LogP contribution in [-0.4, -0.2) is 33.6 Å². The van der Waals surface area contributed by atoms with E-state index in [1.54, 1.807) is 0 Å². The first-order chi connectivity index (χ1) is 7.58. The minimum atomic E-state index is 0.490. The van der Waals surface area contributed by atoms with Crippen LogP contribution in [0.15, 0.2) is 6.07 Å². The van der Waals surface area contributed by atoms with Crippen LogP contribution in [-0.2, 0) is 0 Å². The van der Waals surface area contributed by atoms with Crippen molar-refractivity contribution in [2.24, 2.45) is 0 Å². The van der Waals surface area contributed by atoms with Crippen LogP contribution in [0.4, 0.5) is 5.82 Å². The predicted molar refractivity (Wildman–Crippen MR) is 70.5 cm³/mol. The number of rotatable bonds is 1.